The molecule has 0 aromatic rings. The van der Waals surface area contributed by atoms with E-state index in [1.807, 2.05) is 0 Å². The molecule has 0 unspecified atom stereocenters. The van der Waals surface area contributed by atoms with E-state index in [0.29, 0.717) is 6.42 Å². The Bertz CT molecular complexity index is 590. The van der Waals surface area contributed by atoms with Crippen molar-refractivity contribution < 1.29 is 26.4 Å². The molecule has 0 aromatic heterocycles. The van der Waals surface area contributed by atoms with E-state index >= 15 is 0 Å². The third-order valence-corrected chi connectivity index (χ3v) is 6.78. The number of likely N-dealkylation sites (N-methyl/N-ethyl adjacent to an activating group) is 1. The van der Waals surface area contributed by atoms with Crippen LogP contribution in [0.4, 0.5) is 0 Å². The van der Waals surface area contributed by atoms with Crippen LogP contribution in [0.2, 0.25) is 0 Å². The predicted octanol–water partition coefficient (Wildman–Crippen LogP) is 5.72. The Labute approximate surface area is 211 Å². The van der Waals surface area contributed by atoms with E-state index in [-0.39, 0.29) is 5.91 Å². The number of hydrogen-bond acceptors (Lipinski definition) is 5. The van der Waals surface area contributed by atoms with Crippen LogP contribution in [0.15, 0.2) is 12.2 Å². The highest BCUT2D eigenvalue weighted by Crippen LogP contribution is 2.10. The molecule has 0 aromatic carbocycles. The van der Waals surface area contributed by atoms with E-state index in [9.17, 15) is 17.8 Å². The second-order valence-corrected chi connectivity index (χ2v) is 10.4. The number of allylic oxidation sites excluding steroid dienone is 2. The molecule has 0 aliphatic heterocycles. The zero-order valence-electron chi connectivity index (χ0n) is 22.8. The first kappa shape index (κ1) is 35.2. The molecule has 0 aliphatic carbocycles. The zero-order chi connectivity index (χ0) is 26.1. The maximum Gasteiger partial charge on any atom is 0.220 e. The number of carbonyl (C=O) groups excluding carboxylic acids is 1. The van der Waals surface area contributed by atoms with Crippen LogP contribution in [0.25, 0.3) is 0 Å². The average Bonchev–Trinajstić information content (AvgIpc) is 2.81. The summed E-state index contributed by atoms with van der Waals surface area (Å²) >= 11 is 0. The molecular formula is C26H54N2O5S. The Morgan fingerprint density at radius 3 is 1.74 bits per heavy atom. The lowest BCUT2D eigenvalue weighted by atomic mass is 10.1. The van der Waals surface area contributed by atoms with Gasteiger partial charge in [-0.1, -0.05) is 70.4 Å². The van der Waals surface area contributed by atoms with Gasteiger partial charge in [0.15, 0.2) is 0 Å². The molecule has 0 saturated heterocycles. The van der Waals surface area contributed by atoms with Gasteiger partial charge >= 0.3 is 0 Å². The predicted molar refractivity (Wildman–Crippen MR) is 141 cm³/mol. The van der Waals surface area contributed by atoms with Crippen LogP contribution < -0.4 is 5.32 Å². The first-order valence-corrected chi connectivity index (χ1v) is 14.7. The number of quaternary nitrogens is 1. The van der Waals surface area contributed by atoms with Gasteiger partial charge in [-0.15, -0.1) is 0 Å². The molecule has 0 spiro atoms. The Hall–Kier alpha value is -0.960. The standard InChI is InChI=1S/C25H50N2O.CH4O4S/c1-5-8-9-10-11-12-13-14-15-16-17-18-19-20-21-22-25(28)26-23-24-27(4,6-2)7-3;1-5-6(2,3)4/h14-15H,5-13,16-24H2,1-4H3;1H3,(H,2,3,4). The highest BCUT2D eigenvalue weighted by molar-refractivity contribution is 7.80. The molecule has 8 heteroatoms. The van der Waals surface area contributed by atoms with E-state index in [0.717, 1.165) is 44.2 Å². The fourth-order valence-electron chi connectivity index (χ4n) is 3.45. The van der Waals surface area contributed by atoms with Crippen LogP contribution in [-0.2, 0) is 19.4 Å². The lowest BCUT2D eigenvalue weighted by Gasteiger charge is -2.32. The Morgan fingerprint density at radius 2 is 1.29 bits per heavy atom. The van der Waals surface area contributed by atoms with Crippen LogP contribution in [0.3, 0.4) is 0 Å². The van der Waals surface area contributed by atoms with Crippen molar-refractivity contribution in [2.45, 2.75) is 111 Å². The van der Waals surface area contributed by atoms with E-state index in [2.05, 4.69) is 49.5 Å². The summed E-state index contributed by atoms with van der Waals surface area (Å²) in [7, 11) is -1.34. The quantitative estimate of drug-likeness (QED) is 0.0706. The SMILES string of the molecule is CCCCCCCCC=CCCCCCCCC(=O)NCC[N+](C)(CC)CC.COS(=O)(=O)[O-]. The van der Waals surface area contributed by atoms with Crippen molar-refractivity contribution in [2.24, 2.45) is 0 Å². The molecule has 0 aliphatic rings. The zero-order valence-corrected chi connectivity index (χ0v) is 23.6. The smallest absolute Gasteiger partial charge is 0.220 e. The maximum atomic E-state index is 11.9. The summed E-state index contributed by atoms with van der Waals surface area (Å²) in [4.78, 5) is 11.9. The molecule has 7 nitrogen and oxygen atoms in total. The molecule has 1 amide bonds. The maximum absolute atomic E-state index is 11.9. The van der Waals surface area contributed by atoms with Gasteiger partial charge in [0.05, 0.1) is 40.3 Å². The van der Waals surface area contributed by atoms with Crippen LogP contribution in [-0.4, -0.2) is 63.7 Å². The number of amides is 1. The van der Waals surface area contributed by atoms with Crippen LogP contribution in [0.1, 0.15) is 111 Å². The first-order chi connectivity index (χ1) is 16.1. The van der Waals surface area contributed by atoms with Gasteiger partial charge in [0.25, 0.3) is 0 Å². The number of nitrogens with one attached hydrogen (secondary N) is 1. The third kappa shape index (κ3) is 27.3. The normalized spacial score (nSPS) is 11.9. The largest absolute Gasteiger partial charge is 0.726 e. The molecule has 0 rings (SSSR count). The van der Waals surface area contributed by atoms with Crippen molar-refractivity contribution in [3.63, 3.8) is 0 Å². The topological polar surface area (TPSA) is 95.5 Å². The fraction of sp³-hybridized carbons (Fsp3) is 0.885. The van der Waals surface area contributed by atoms with Crippen molar-refractivity contribution >= 4 is 16.3 Å². The summed E-state index contributed by atoms with van der Waals surface area (Å²) in [5, 5.41) is 3.09. The van der Waals surface area contributed by atoms with Crippen LogP contribution >= 0.6 is 0 Å². The minimum absolute atomic E-state index is 0.233. The lowest BCUT2D eigenvalue weighted by molar-refractivity contribution is -0.904. The van der Waals surface area contributed by atoms with E-state index in [1.165, 1.54) is 77.0 Å². The molecule has 0 saturated carbocycles. The molecule has 204 valence electrons. The van der Waals surface area contributed by atoms with Crippen molar-refractivity contribution in [1.29, 1.82) is 0 Å². The van der Waals surface area contributed by atoms with Crippen molar-refractivity contribution in [2.75, 3.05) is 40.3 Å². The van der Waals surface area contributed by atoms with Crippen molar-refractivity contribution in [3.8, 4) is 0 Å². The molecule has 0 heterocycles. The second-order valence-electron chi connectivity index (χ2n) is 9.23. The van der Waals surface area contributed by atoms with Gasteiger partial charge in [0.1, 0.15) is 0 Å². The average molecular weight is 507 g/mol. The molecule has 1 N–H and O–H groups in total. The number of hydrogen-bond donors (Lipinski definition) is 1. The Balaban J connectivity index is 0. The molecule has 34 heavy (non-hydrogen) atoms. The Kier molecular flexibility index (Phi) is 24.6. The van der Waals surface area contributed by atoms with Gasteiger partial charge in [-0.2, -0.15) is 0 Å². The van der Waals surface area contributed by atoms with Gasteiger partial charge in [0, 0.05) is 6.42 Å². The number of nitrogens with zero attached hydrogens (tertiary/aromatic N) is 1. The van der Waals surface area contributed by atoms with Gasteiger partial charge in [-0.3, -0.25) is 8.98 Å². The molecule has 0 atom stereocenters. The molecule has 0 bridgehead atoms. The molecule has 0 radical (unpaired) electrons. The second kappa shape index (κ2) is 23.8. The van der Waals surface area contributed by atoms with Crippen LogP contribution in [0, 0.1) is 0 Å². The minimum atomic E-state index is -4.41. The monoisotopic (exact) mass is 506 g/mol. The van der Waals surface area contributed by atoms with Crippen molar-refractivity contribution in [1.82, 2.24) is 5.32 Å². The van der Waals surface area contributed by atoms with E-state index in [4.69, 9.17) is 0 Å². The van der Waals surface area contributed by atoms with E-state index in [1.54, 1.807) is 0 Å². The Morgan fingerprint density at radius 1 is 0.853 bits per heavy atom. The molecular weight excluding hydrogens is 452 g/mol. The highest BCUT2D eigenvalue weighted by Gasteiger charge is 2.15. The van der Waals surface area contributed by atoms with Gasteiger partial charge < -0.3 is 14.4 Å². The summed E-state index contributed by atoms with van der Waals surface area (Å²) < 4.78 is 32.1. The highest BCUT2D eigenvalue weighted by atomic mass is 32.3. The summed E-state index contributed by atoms with van der Waals surface area (Å²) in [6, 6.07) is 0. The van der Waals surface area contributed by atoms with Gasteiger partial charge in [-0.25, -0.2) is 8.42 Å². The number of rotatable bonds is 21. The number of carbonyl (C=O) groups is 1. The van der Waals surface area contributed by atoms with Gasteiger partial charge in [-0.05, 0) is 46.0 Å². The third-order valence-electron chi connectivity index (χ3n) is 6.37. The van der Waals surface area contributed by atoms with Crippen LogP contribution in [0.5, 0.6) is 0 Å². The molecule has 0 fully saturated rings. The van der Waals surface area contributed by atoms with Crippen molar-refractivity contribution in [3.05, 3.63) is 12.2 Å². The minimum Gasteiger partial charge on any atom is -0.726 e. The fourth-order valence-corrected chi connectivity index (χ4v) is 3.45. The van der Waals surface area contributed by atoms with E-state index < -0.39 is 10.4 Å². The lowest BCUT2D eigenvalue weighted by Crippen LogP contribution is -2.48. The number of unbranched alkanes of at least 4 members (excludes halogenated alkanes) is 11. The summed E-state index contributed by atoms with van der Waals surface area (Å²) in [6.45, 7) is 10.8. The van der Waals surface area contributed by atoms with Gasteiger partial charge in [0.2, 0.25) is 16.3 Å². The summed E-state index contributed by atoms with van der Waals surface area (Å²) in [5.74, 6) is 0.233. The summed E-state index contributed by atoms with van der Waals surface area (Å²) in [5.41, 5.74) is 0. The first-order valence-electron chi connectivity index (χ1n) is 13.4. The summed E-state index contributed by atoms with van der Waals surface area (Å²) in [6.07, 6.45) is 22.3.